The van der Waals surface area contributed by atoms with E-state index in [1.54, 1.807) is 0 Å². The van der Waals surface area contributed by atoms with Crippen LogP contribution in [0, 0.1) is 25.7 Å². The fourth-order valence-corrected chi connectivity index (χ4v) is 3.21. The van der Waals surface area contributed by atoms with Gasteiger partial charge in [-0.1, -0.05) is 6.42 Å². The molecular weight excluding hydrogens is 307 g/mol. The van der Waals surface area contributed by atoms with Crippen LogP contribution >= 0.6 is 0 Å². The number of amides is 1. The van der Waals surface area contributed by atoms with Crippen LogP contribution in [0.4, 0.5) is 13.2 Å². The highest BCUT2D eigenvalue weighted by Gasteiger charge is 2.43. The molecule has 0 aliphatic heterocycles. The van der Waals surface area contributed by atoms with E-state index in [0.717, 1.165) is 11.4 Å². The Hall–Kier alpha value is -1.53. The van der Waals surface area contributed by atoms with E-state index in [4.69, 9.17) is 0 Å². The molecule has 1 heterocycles. The molecule has 1 aliphatic carbocycles. The van der Waals surface area contributed by atoms with Gasteiger partial charge in [-0.2, -0.15) is 18.3 Å². The highest BCUT2D eigenvalue weighted by atomic mass is 19.4. The molecule has 0 radical (unpaired) electrons. The molecule has 2 rings (SSSR count). The number of carbonyl (C=O) groups excluding carboxylic acids is 1. The van der Waals surface area contributed by atoms with Gasteiger partial charge in [-0.3, -0.25) is 9.48 Å². The number of aryl methyl sites for hydroxylation is 3. The summed E-state index contributed by atoms with van der Waals surface area (Å²) in [6.45, 7) is 5.05. The van der Waals surface area contributed by atoms with Crippen LogP contribution in [0.3, 0.4) is 0 Å². The average molecular weight is 331 g/mol. The van der Waals surface area contributed by atoms with Gasteiger partial charge in [0.15, 0.2) is 0 Å². The molecule has 1 saturated carbocycles. The van der Waals surface area contributed by atoms with Crippen molar-refractivity contribution in [3.8, 4) is 0 Å². The van der Waals surface area contributed by atoms with Crippen LogP contribution in [0.2, 0.25) is 0 Å². The zero-order valence-corrected chi connectivity index (χ0v) is 13.6. The zero-order valence-electron chi connectivity index (χ0n) is 13.6. The second kappa shape index (κ2) is 7.36. The van der Waals surface area contributed by atoms with Crippen LogP contribution < -0.4 is 5.32 Å². The van der Waals surface area contributed by atoms with E-state index in [1.165, 1.54) is 0 Å². The Bertz CT molecular complexity index is 539. The number of carbonyl (C=O) groups is 1. The molecule has 2 unspecified atom stereocenters. The first-order valence-corrected chi connectivity index (χ1v) is 8.13. The summed E-state index contributed by atoms with van der Waals surface area (Å²) in [6.07, 6.45) is -2.39. The minimum Gasteiger partial charge on any atom is -0.356 e. The molecule has 1 amide bonds. The maximum atomic E-state index is 12.8. The number of nitrogens with one attached hydrogen (secondary N) is 1. The Kier molecular flexibility index (Phi) is 5.70. The van der Waals surface area contributed by atoms with Crippen molar-refractivity contribution in [3.63, 3.8) is 0 Å². The van der Waals surface area contributed by atoms with E-state index < -0.39 is 18.0 Å². The molecule has 1 fully saturated rings. The monoisotopic (exact) mass is 331 g/mol. The van der Waals surface area contributed by atoms with Crippen molar-refractivity contribution in [1.29, 1.82) is 0 Å². The molecule has 0 saturated heterocycles. The lowest BCUT2D eigenvalue weighted by atomic mass is 9.80. The number of hydrogen-bond donors (Lipinski definition) is 1. The molecular formula is C16H24F3N3O. The maximum absolute atomic E-state index is 12.8. The fraction of sp³-hybridized carbons (Fsp3) is 0.750. The second-order valence-corrected chi connectivity index (χ2v) is 6.40. The Balaban J connectivity index is 1.73. The predicted molar refractivity (Wildman–Crippen MR) is 80.8 cm³/mol. The van der Waals surface area contributed by atoms with Gasteiger partial charge in [0.1, 0.15) is 0 Å². The Labute approximate surface area is 134 Å². The summed E-state index contributed by atoms with van der Waals surface area (Å²) in [5, 5.41) is 7.11. The van der Waals surface area contributed by atoms with E-state index >= 15 is 0 Å². The minimum atomic E-state index is -4.19. The third-order valence-electron chi connectivity index (χ3n) is 4.46. The quantitative estimate of drug-likeness (QED) is 0.841. The molecule has 7 heteroatoms. The van der Waals surface area contributed by atoms with Gasteiger partial charge in [-0.05, 0) is 45.6 Å². The van der Waals surface area contributed by atoms with Gasteiger partial charge in [-0.25, -0.2) is 0 Å². The summed E-state index contributed by atoms with van der Waals surface area (Å²) in [6, 6.07) is 1.98. The lowest BCUT2D eigenvalue weighted by Gasteiger charge is -2.29. The average Bonchev–Trinajstić information content (AvgIpc) is 2.80. The highest BCUT2D eigenvalue weighted by molar-refractivity contribution is 5.78. The number of hydrogen-bond acceptors (Lipinski definition) is 2. The lowest BCUT2D eigenvalue weighted by Crippen LogP contribution is -2.37. The number of aromatic nitrogens is 2. The van der Waals surface area contributed by atoms with E-state index in [9.17, 15) is 18.0 Å². The molecule has 1 aromatic heterocycles. The third-order valence-corrected chi connectivity index (χ3v) is 4.46. The second-order valence-electron chi connectivity index (χ2n) is 6.40. The van der Waals surface area contributed by atoms with Crippen LogP contribution in [-0.4, -0.2) is 28.4 Å². The van der Waals surface area contributed by atoms with Crippen molar-refractivity contribution in [3.05, 3.63) is 17.5 Å². The van der Waals surface area contributed by atoms with Crippen LogP contribution in [-0.2, 0) is 11.3 Å². The van der Waals surface area contributed by atoms with Gasteiger partial charge in [0, 0.05) is 24.7 Å². The molecule has 1 aliphatic rings. The number of halogens is 3. The summed E-state index contributed by atoms with van der Waals surface area (Å²) in [5.41, 5.74) is 2.01. The smallest absolute Gasteiger partial charge is 0.356 e. The van der Waals surface area contributed by atoms with Crippen molar-refractivity contribution >= 4 is 5.91 Å². The molecule has 1 aromatic rings. The Morgan fingerprint density at radius 1 is 1.39 bits per heavy atom. The molecule has 0 aromatic carbocycles. The van der Waals surface area contributed by atoms with Crippen molar-refractivity contribution in [2.45, 2.75) is 58.7 Å². The Morgan fingerprint density at radius 2 is 2.13 bits per heavy atom. The fourth-order valence-electron chi connectivity index (χ4n) is 3.21. The molecule has 23 heavy (non-hydrogen) atoms. The van der Waals surface area contributed by atoms with Crippen molar-refractivity contribution in [1.82, 2.24) is 15.1 Å². The summed E-state index contributed by atoms with van der Waals surface area (Å²) < 4.78 is 40.2. The molecule has 4 nitrogen and oxygen atoms in total. The molecule has 0 spiro atoms. The Morgan fingerprint density at radius 3 is 2.74 bits per heavy atom. The number of rotatable bonds is 5. The standard InChI is InChI=1S/C16H24F3N3O/c1-11-9-12(2)22(21-11)8-4-7-20-15(23)13-5-3-6-14(10-13)16(17,18)19/h9,13-14H,3-8,10H2,1-2H3,(H,20,23). The largest absolute Gasteiger partial charge is 0.391 e. The van der Waals surface area contributed by atoms with Gasteiger partial charge < -0.3 is 5.32 Å². The SMILES string of the molecule is Cc1cc(C)n(CCCNC(=O)C2CCCC(C(F)(F)F)C2)n1. The van der Waals surface area contributed by atoms with E-state index in [0.29, 0.717) is 32.4 Å². The first-order chi connectivity index (χ1) is 10.8. The van der Waals surface area contributed by atoms with Crippen LogP contribution in [0.1, 0.15) is 43.5 Å². The van der Waals surface area contributed by atoms with Crippen molar-refractivity contribution in [2.75, 3.05) is 6.54 Å². The van der Waals surface area contributed by atoms with Crippen molar-refractivity contribution in [2.24, 2.45) is 11.8 Å². The van der Waals surface area contributed by atoms with E-state index in [1.807, 2.05) is 24.6 Å². The van der Waals surface area contributed by atoms with Gasteiger partial charge in [0.2, 0.25) is 5.91 Å². The number of nitrogens with zero attached hydrogens (tertiary/aromatic N) is 2. The topological polar surface area (TPSA) is 46.9 Å². The minimum absolute atomic E-state index is 0.0766. The highest BCUT2D eigenvalue weighted by Crippen LogP contribution is 2.39. The summed E-state index contributed by atoms with van der Waals surface area (Å²) in [5.74, 6) is -2.09. The summed E-state index contributed by atoms with van der Waals surface area (Å²) in [4.78, 5) is 12.1. The maximum Gasteiger partial charge on any atom is 0.391 e. The van der Waals surface area contributed by atoms with E-state index in [2.05, 4.69) is 10.4 Å². The zero-order chi connectivity index (χ0) is 17.0. The molecule has 1 N–H and O–H groups in total. The van der Waals surface area contributed by atoms with Crippen LogP contribution in [0.5, 0.6) is 0 Å². The molecule has 0 bridgehead atoms. The molecule has 130 valence electrons. The van der Waals surface area contributed by atoms with Crippen LogP contribution in [0.25, 0.3) is 0 Å². The third kappa shape index (κ3) is 4.97. The first-order valence-electron chi connectivity index (χ1n) is 8.13. The van der Waals surface area contributed by atoms with Crippen LogP contribution in [0.15, 0.2) is 6.07 Å². The molecule has 2 atom stereocenters. The van der Waals surface area contributed by atoms with Gasteiger partial charge >= 0.3 is 6.18 Å². The first kappa shape index (κ1) is 17.8. The summed E-state index contributed by atoms with van der Waals surface area (Å²) in [7, 11) is 0. The van der Waals surface area contributed by atoms with Gasteiger partial charge in [0.25, 0.3) is 0 Å². The van der Waals surface area contributed by atoms with Crippen molar-refractivity contribution < 1.29 is 18.0 Å². The van der Waals surface area contributed by atoms with E-state index in [-0.39, 0.29) is 18.7 Å². The predicted octanol–water partition coefficient (Wildman–Crippen LogP) is 3.37. The van der Waals surface area contributed by atoms with Gasteiger partial charge in [-0.15, -0.1) is 0 Å². The number of alkyl halides is 3. The lowest BCUT2D eigenvalue weighted by molar-refractivity contribution is -0.186. The van der Waals surface area contributed by atoms with Gasteiger partial charge in [0.05, 0.1) is 11.6 Å². The normalized spacial score (nSPS) is 22.1. The summed E-state index contributed by atoms with van der Waals surface area (Å²) >= 11 is 0.